The van der Waals surface area contributed by atoms with Crippen LogP contribution in [0.25, 0.3) is 0 Å². The first kappa shape index (κ1) is 13.8. The van der Waals surface area contributed by atoms with E-state index in [4.69, 9.17) is 4.74 Å². The molecule has 0 atom stereocenters. The lowest BCUT2D eigenvalue weighted by Crippen LogP contribution is -3.61. The van der Waals surface area contributed by atoms with E-state index in [1.807, 2.05) is 12.1 Å². The van der Waals surface area contributed by atoms with Crippen LogP contribution in [-0.2, 0) is 0 Å². The number of halogens is 2. The van der Waals surface area contributed by atoms with Gasteiger partial charge in [0, 0.05) is 0 Å². The summed E-state index contributed by atoms with van der Waals surface area (Å²) in [5.41, 5.74) is 0. The Bertz CT molecular complexity index is 412. The summed E-state index contributed by atoms with van der Waals surface area (Å²) in [6.45, 7) is 0. The van der Waals surface area contributed by atoms with Crippen LogP contribution in [0.5, 0.6) is 5.75 Å². The van der Waals surface area contributed by atoms with Gasteiger partial charge in [0.1, 0.15) is 5.75 Å². The average molecular weight is 439 g/mol. The summed E-state index contributed by atoms with van der Waals surface area (Å²) in [7, 11) is 1.70. The number of hydrogen-bond acceptors (Lipinski definition) is 1. The van der Waals surface area contributed by atoms with Gasteiger partial charge in [-0.1, -0.05) is 18.2 Å². The van der Waals surface area contributed by atoms with Gasteiger partial charge in [-0.25, -0.2) is 0 Å². The van der Waals surface area contributed by atoms with E-state index in [9.17, 15) is 0 Å². The summed E-state index contributed by atoms with van der Waals surface area (Å²) in [4.78, 5) is 0. The Morgan fingerprint density at radius 1 is 0.812 bits per heavy atom. The lowest BCUT2D eigenvalue weighted by atomic mass is 10.3. The van der Waals surface area contributed by atoms with Gasteiger partial charge in [0.25, 0.3) is 0 Å². The first-order valence-electron chi connectivity index (χ1n) is 4.72. The SMILES string of the molecule is COc1ccc([I+]c2ccccc2)cc1.I. The molecular formula is C13H13I2O+. The molecule has 0 saturated carbocycles. The molecule has 0 aromatic heterocycles. The molecule has 0 heterocycles. The first-order valence-corrected chi connectivity index (χ1v) is 6.88. The molecule has 0 spiro atoms. The van der Waals surface area contributed by atoms with E-state index in [1.54, 1.807) is 7.11 Å². The molecule has 0 unspecified atom stereocenters. The molecule has 0 N–H and O–H groups in total. The second-order valence-corrected chi connectivity index (χ2v) is 6.08. The van der Waals surface area contributed by atoms with E-state index in [2.05, 4.69) is 42.5 Å². The summed E-state index contributed by atoms with van der Waals surface area (Å²) < 4.78 is 7.99. The zero-order valence-electron chi connectivity index (χ0n) is 8.89. The molecule has 0 fully saturated rings. The van der Waals surface area contributed by atoms with Crippen molar-refractivity contribution >= 4 is 24.0 Å². The number of rotatable bonds is 3. The van der Waals surface area contributed by atoms with Crippen LogP contribution in [-0.4, -0.2) is 7.11 Å². The fourth-order valence-electron chi connectivity index (χ4n) is 1.24. The highest BCUT2D eigenvalue weighted by Gasteiger charge is 2.13. The van der Waals surface area contributed by atoms with Gasteiger partial charge < -0.3 is 4.74 Å². The van der Waals surface area contributed by atoms with E-state index < -0.39 is 0 Å². The molecule has 0 aliphatic carbocycles. The van der Waals surface area contributed by atoms with Crippen LogP contribution in [0.4, 0.5) is 0 Å². The van der Waals surface area contributed by atoms with Crippen LogP contribution < -0.4 is 25.9 Å². The van der Waals surface area contributed by atoms with Gasteiger partial charge in [-0.3, -0.25) is 0 Å². The second kappa shape index (κ2) is 7.11. The first-order chi connectivity index (χ1) is 7.38. The minimum absolute atomic E-state index is 0. The minimum Gasteiger partial charge on any atom is -0.497 e. The Morgan fingerprint density at radius 3 is 1.94 bits per heavy atom. The standard InChI is InChI=1S/C13H12IO.HI/c1-15-13-9-7-12(8-10-13)14-11-5-3-2-4-6-11;/h2-10H,1H3;1H/q+1;. The van der Waals surface area contributed by atoms with Crippen LogP contribution >= 0.6 is 24.0 Å². The topological polar surface area (TPSA) is 9.23 Å². The molecule has 3 heteroatoms. The quantitative estimate of drug-likeness (QED) is 0.632. The third kappa shape index (κ3) is 3.93. The maximum Gasteiger partial charge on any atom is 0.357 e. The number of hydrogen-bond donors (Lipinski definition) is 0. The number of benzene rings is 2. The van der Waals surface area contributed by atoms with Crippen molar-refractivity contribution in [2.75, 3.05) is 7.11 Å². The highest BCUT2D eigenvalue weighted by Crippen LogP contribution is 2.06. The predicted molar refractivity (Wildman–Crippen MR) is 72.2 cm³/mol. The van der Waals surface area contributed by atoms with E-state index in [0.717, 1.165) is 5.75 Å². The van der Waals surface area contributed by atoms with Gasteiger partial charge in [0.2, 0.25) is 0 Å². The van der Waals surface area contributed by atoms with E-state index in [-0.39, 0.29) is 45.2 Å². The van der Waals surface area contributed by atoms with Crippen molar-refractivity contribution in [3.63, 3.8) is 0 Å². The zero-order valence-corrected chi connectivity index (χ0v) is 13.4. The molecule has 0 aliphatic rings. The van der Waals surface area contributed by atoms with Gasteiger partial charge in [-0.15, -0.1) is 24.0 Å². The molecule has 2 aromatic carbocycles. The fraction of sp³-hybridized carbons (Fsp3) is 0.0769. The molecule has 16 heavy (non-hydrogen) atoms. The number of ether oxygens (including phenoxy) is 1. The summed E-state index contributed by atoms with van der Waals surface area (Å²) in [5, 5.41) is 0. The smallest absolute Gasteiger partial charge is 0.357 e. The van der Waals surface area contributed by atoms with E-state index in [1.165, 1.54) is 7.14 Å². The predicted octanol–water partition coefficient (Wildman–Crippen LogP) is 0.442. The Kier molecular flexibility index (Phi) is 6.12. The largest absolute Gasteiger partial charge is 0.497 e. The third-order valence-electron chi connectivity index (χ3n) is 2.00. The molecule has 0 aliphatic heterocycles. The molecule has 0 amide bonds. The second-order valence-electron chi connectivity index (χ2n) is 3.05. The Labute approximate surface area is 123 Å². The minimum atomic E-state index is -0.0449. The highest BCUT2D eigenvalue weighted by atomic mass is 127. The average Bonchev–Trinajstić information content (AvgIpc) is 2.31. The lowest BCUT2D eigenvalue weighted by Gasteiger charge is -1.95. The fourth-order valence-corrected chi connectivity index (χ4v) is 3.45. The van der Waals surface area contributed by atoms with Crippen molar-refractivity contribution in [1.29, 1.82) is 0 Å². The maximum absolute atomic E-state index is 5.13. The van der Waals surface area contributed by atoms with Gasteiger partial charge in [0.05, 0.1) is 7.11 Å². The van der Waals surface area contributed by atoms with Gasteiger partial charge in [0.15, 0.2) is 7.14 Å². The van der Waals surface area contributed by atoms with E-state index in [0.29, 0.717) is 0 Å². The van der Waals surface area contributed by atoms with Crippen molar-refractivity contribution in [2.45, 2.75) is 0 Å². The summed E-state index contributed by atoms with van der Waals surface area (Å²) >= 11 is -0.0449. The molecule has 2 aromatic rings. The molecule has 0 radical (unpaired) electrons. The third-order valence-corrected chi connectivity index (χ3v) is 4.68. The van der Waals surface area contributed by atoms with Crippen LogP contribution in [0, 0.1) is 7.14 Å². The lowest BCUT2D eigenvalue weighted by molar-refractivity contribution is -0.597. The normalized spacial score (nSPS) is 9.31. The Hall–Kier alpha value is -0.300. The summed E-state index contributed by atoms with van der Waals surface area (Å²) in [5.74, 6) is 0.927. The molecule has 1 nitrogen and oxygen atoms in total. The zero-order chi connectivity index (χ0) is 10.5. The maximum atomic E-state index is 5.13. The Balaban J connectivity index is 0.00000128. The van der Waals surface area contributed by atoms with Crippen LogP contribution in [0.15, 0.2) is 54.6 Å². The van der Waals surface area contributed by atoms with Crippen molar-refractivity contribution in [2.24, 2.45) is 0 Å². The van der Waals surface area contributed by atoms with E-state index >= 15 is 0 Å². The van der Waals surface area contributed by atoms with Gasteiger partial charge in [-0.2, -0.15) is 0 Å². The van der Waals surface area contributed by atoms with Gasteiger partial charge in [-0.05, 0) is 36.4 Å². The number of methoxy groups -OCH3 is 1. The van der Waals surface area contributed by atoms with Crippen molar-refractivity contribution in [3.05, 3.63) is 61.7 Å². The van der Waals surface area contributed by atoms with Gasteiger partial charge >= 0.3 is 21.2 Å². The summed E-state index contributed by atoms with van der Waals surface area (Å²) in [6.07, 6.45) is 0. The highest BCUT2D eigenvalue weighted by molar-refractivity contribution is 14.0. The van der Waals surface area contributed by atoms with Crippen LogP contribution in [0.3, 0.4) is 0 Å². The van der Waals surface area contributed by atoms with Crippen molar-refractivity contribution < 1.29 is 25.9 Å². The van der Waals surface area contributed by atoms with Crippen LogP contribution in [0.2, 0.25) is 0 Å². The molecule has 0 bridgehead atoms. The molecule has 2 rings (SSSR count). The molecular weight excluding hydrogens is 426 g/mol. The van der Waals surface area contributed by atoms with Crippen molar-refractivity contribution in [1.82, 2.24) is 0 Å². The monoisotopic (exact) mass is 439 g/mol. The Morgan fingerprint density at radius 2 is 1.38 bits per heavy atom. The molecule has 0 saturated heterocycles. The van der Waals surface area contributed by atoms with Crippen LogP contribution in [0.1, 0.15) is 0 Å². The molecule has 84 valence electrons. The summed E-state index contributed by atoms with van der Waals surface area (Å²) in [6, 6.07) is 19.0. The van der Waals surface area contributed by atoms with Crippen molar-refractivity contribution in [3.8, 4) is 5.75 Å².